The zero-order valence-corrected chi connectivity index (χ0v) is 10.1. The molecule has 6 heteroatoms. The van der Waals surface area contributed by atoms with Crippen LogP contribution in [0.5, 0.6) is 11.5 Å². The first kappa shape index (κ1) is 12.7. The fraction of sp³-hybridized carbons (Fsp3) is 0.417. The Kier molecular flexibility index (Phi) is 3.40. The second kappa shape index (κ2) is 4.83. The third kappa shape index (κ3) is 2.12. The molecule has 0 aromatic heterocycles. The largest absolute Gasteiger partial charge is 0.490 e. The number of nitrogens with one attached hydrogen (secondary N) is 1. The molecule has 0 spiro atoms. The van der Waals surface area contributed by atoms with Crippen LogP contribution in [0.2, 0.25) is 0 Å². The van der Waals surface area contributed by atoms with E-state index in [0.717, 1.165) is 6.42 Å². The summed E-state index contributed by atoms with van der Waals surface area (Å²) in [5, 5.41) is 9.23. The van der Waals surface area contributed by atoms with Gasteiger partial charge in [-0.05, 0) is 24.6 Å². The highest BCUT2D eigenvalue weighted by Gasteiger charge is 2.34. The average Bonchev–Trinajstić information content (AvgIpc) is 2.61. The second-order valence-corrected chi connectivity index (χ2v) is 4.29. The van der Waals surface area contributed by atoms with Crippen molar-refractivity contribution in [1.29, 1.82) is 0 Å². The second-order valence-electron chi connectivity index (χ2n) is 4.29. The number of nitrogens with two attached hydrogens (primary N) is 1. The zero-order chi connectivity index (χ0) is 13.2. The Morgan fingerprint density at radius 3 is 2.67 bits per heavy atom. The van der Waals surface area contributed by atoms with E-state index >= 15 is 0 Å². The van der Waals surface area contributed by atoms with Crippen molar-refractivity contribution in [2.45, 2.75) is 18.9 Å². The quantitative estimate of drug-likeness (QED) is 0.539. The third-order valence-corrected chi connectivity index (χ3v) is 3.04. The van der Waals surface area contributed by atoms with Gasteiger partial charge in [-0.2, -0.15) is 0 Å². The molecule has 1 aromatic rings. The van der Waals surface area contributed by atoms with E-state index in [1.807, 2.05) is 0 Å². The fourth-order valence-electron chi connectivity index (χ4n) is 1.74. The maximum atomic E-state index is 11.3. The summed E-state index contributed by atoms with van der Waals surface area (Å²) in [5.41, 5.74) is 1.48. The van der Waals surface area contributed by atoms with Crippen molar-refractivity contribution < 1.29 is 19.4 Å². The minimum atomic E-state index is -1.36. The molecule has 0 radical (unpaired) electrons. The Labute approximate surface area is 105 Å². The first-order chi connectivity index (χ1) is 8.58. The number of ether oxygens (including phenoxy) is 2. The molecular weight excluding hydrogens is 236 g/mol. The molecule has 0 amide bonds. The SMILES string of the molecule is CC(NN)(C(=O)O)c1ccc2c(c1)OCCCO2. The molecule has 1 aromatic carbocycles. The van der Waals surface area contributed by atoms with Crippen molar-refractivity contribution >= 4 is 5.97 Å². The van der Waals surface area contributed by atoms with E-state index in [-0.39, 0.29) is 0 Å². The van der Waals surface area contributed by atoms with E-state index in [1.165, 1.54) is 6.92 Å². The smallest absolute Gasteiger partial charge is 0.329 e. The summed E-state index contributed by atoms with van der Waals surface area (Å²) >= 11 is 0. The van der Waals surface area contributed by atoms with Crippen LogP contribution in [0.15, 0.2) is 18.2 Å². The van der Waals surface area contributed by atoms with Gasteiger partial charge >= 0.3 is 5.97 Å². The molecule has 98 valence electrons. The number of carboxylic acids is 1. The van der Waals surface area contributed by atoms with Crippen molar-refractivity contribution in [2.24, 2.45) is 5.84 Å². The number of carboxylic acid groups (broad SMARTS) is 1. The van der Waals surface area contributed by atoms with E-state index in [9.17, 15) is 9.90 Å². The molecule has 4 N–H and O–H groups in total. The molecular formula is C12H16N2O4. The molecule has 0 bridgehead atoms. The Bertz CT molecular complexity index is 463. The van der Waals surface area contributed by atoms with Gasteiger partial charge in [0.05, 0.1) is 13.2 Å². The number of hydrogen-bond donors (Lipinski definition) is 3. The van der Waals surface area contributed by atoms with E-state index in [4.69, 9.17) is 15.3 Å². The number of aliphatic carboxylic acids is 1. The van der Waals surface area contributed by atoms with Crippen molar-refractivity contribution in [3.63, 3.8) is 0 Å². The molecule has 1 heterocycles. The first-order valence-corrected chi connectivity index (χ1v) is 5.69. The maximum Gasteiger partial charge on any atom is 0.329 e. The molecule has 1 aliphatic heterocycles. The Morgan fingerprint density at radius 2 is 2.06 bits per heavy atom. The van der Waals surface area contributed by atoms with E-state index in [0.29, 0.717) is 30.3 Å². The van der Waals surface area contributed by atoms with E-state index < -0.39 is 11.5 Å². The Hall–Kier alpha value is -1.79. The molecule has 1 unspecified atom stereocenters. The minimum Gasteiger partial charge on any atom is -0.490 e. The van der Waals surface area contributed by atoms with Gasteiger partial charge in [0, 0.05) is 6.42 Å². The highest BCUT2D eigenvalue weighted by atomic mass is 16.5. The summed E-state index contributed by atoms with van der Waals surface area (Å²) in [6, 6.07) is 5.02. The molecule has 6 nitrogen and oxygen atoms in total. The Morgan fingerprint density at radius 1 is 1.39 bits per heavy atom. The summed E-state index contributed by atoms with van der Waals surface area (Å²) in [5.74, 6) is 5.46. The fourth-order valence-corrected chi connectivity index (χ4v) is 1.74. The van der Waals surface area contributed by atoms with Gasteiger partial charge in [-0.25, -0.2) is 10.2 Å². The van der Waals surface area contributed by atoms with Gasteiger partial charge in [0.2, 0.25) is 0 Å². The van der Waals surface area contributed by atoms with Crippen LogP contribution in [0.4, 0.5) is 0 Å². The highest BCUT2D eigenvalue weighted by Crippen LogP contribution is 2.33. The zero-order valence-electron chi connectivity index (χ0n) is 10.1. The van der Waals surface area contributed by atoms with Crippen LogP contribution >= 0.6 is 0 Å². The lowest BCUT2D eigenvalue weighted by Crippen LogP contribution is -2.50. The monoisotopic (exact) mass is 252 g/mol. The molecule has 18 heavy (non-hydrogen) atoms. The number of fused-ring (bicyclic) bond motifs is 1. The molecule has 1 atom stereocenters. The number of rotatable bonds is 3. The lowest BCUT2D eigenvalue weighted by Gasteiger charge is -2.25. The number of carbonyl (C=O) groups is 1. The van der Waals surface area contributed by atoms with Crippen LogP contribution in [0, 0.1) is 0 Å². The molecule has 2 rings (SSSR count). The predicted octanol–water partition coefficient (Wildman–Crippen LogP) is 0.611. The Balaban J connectivity index is 2.41. The third-order valence-electron chi connectivity index (χ3n) is 3.04. The summed E-state index contributed by atoms with van der Waals surface area (Å²) < 4.78 is 11.0. The summed E-state index contributed by atoms with van der Waals surface area (Å²) in [4.78, 5) is 11.3. The van der Waals surface area contributed by atoms with Crippen LogP contribution in [0.25, 0.3) is 0 Å². The van der Waals surface area contributed by atoms with Crippen LogP contribution in [-0.4, -0.2) is 24.3 Å². The molecule has 0 aliphatic carbocycles. The van der Waals surface area contributed by atoms with Gasteiger partial charge in [-0.15, -0.1) is 0 Å². The van der Waals surface area contributed by atoms with Crippen LogP contribution in [0.1, 0.15) is 18.9 Å². The normalized spacial score (nSPS) is 17.7. The summed E-state index contributed by atoms with van der Waals surface area (Å²) in [7, 11) is 0. The van der Waals surface area contributed by atoms with Crippen molar-refractivity contribution in [2.75, 3.05) is 13.2 Å². The molecule has 1 aliphatic rings. The minimum absolute atomic E-state index is 0.516. The van der Waals surface area contributed by atoms with Gasteiger partial charge in [-0.1, -0.05) is 6.07 Å². The van der Waals surface area contributed by atoms with Crippen molar-refractivity contribution in [3.8, 4) is 11.5 Å². The van der Waals surface area contributed by atoms with Gasteiger partial charge in [0.25, 0.3) is 0 Å². The lowest BCUT2D eigenvalue weighted by molar-refractivity contribution is -0.144. The molecule has 0 saturated carbocycles. The summed E-state index contributed by atoms with van der Waals surface area (Å²) in [6.07, 6.45) is 0.801. The van der Waals surface area contributed by atoms with Crippen LogP contribution in [0.3, 0.4) is 0 Å². The van der Waals surface area contributed by atoms with Gasteiger partial charge in [0.15, 0.2) is 17.0 Å². The number of hydrazine groups is 1. The van der Waals surface area contributed by atoms with Crippen molar-refractivity contribution in [1.82, 2.24) is 5.43 Å². The maximum absolute atomic E-state index is 11.3. The lowest BCUT2D eigenvalue weighted by atomic mass is 9.92. The van der Waals surface area contributed by atoms with Crippen LogP contribution < -0.4 is 20.7 Å². The van der Waals surface area contributed by atoms with Crippen LogP contribution in [-0.2, 0) is 10.3 Å². The number of benzene rings is 1. The van der Waals surface area contributed by atoms with Gasteiger partial charge in [-0.3, -0.25) is 5.84 Å². The molecule has 0 saturated heterocycles. The first-order valence-electron chi connectivity index (χ1n) is 5.69. The van der Waals surface area contributed by atoms with E-state index in [1.54, 1.807) is 18.2 Å². The average molecular weight is 252 g/mol. The number of hydrogen-bond acceptors (Lipinski definition) is 5. The van der Waals surface area contributed by atoms with Crippen molar-refractivity contribution in [3.05, 3.63) is 23.8 Å². The van der Waals surface area contributed by atoms with E-state index in [2.05, 4.69) is 5.43 Å². The standard InChI is InChI=1S/C12H16N2O4/c1-12(14-13,11(15)16)8-3-4-9-10(7-8)18-6-2-5-17-9/h3-4,7,14H,2,5-6,13H2,1H3,(H,15,16). The van der Waals surface area contributed by atoms with Gasteiger partial charge in [0.1, 0.15) is 0 Å². The predicted molar refractivity (Wildman–Crippen MR) is 64.4 cm³/mol. The van der Waals surface area contributed by atoms with Gasteiger partial charge < -0.3 is 14.6 Å². The molecule has 0 fully saturated rings. The topological polar surface area (TPSA) is 93.8 Å². The highest BCUT2D eigenvalue weighted by molar-refractivity contribution is 5.80. The summed E-state index contributed by atoms with van der Waals surface area (Å²) in [6.45, 7) is 2.64.